The molecule has 19 heteroatoms. The van der Waals surface area contributed by atoms with Crippen LogP contribution in [0.5, 0.6) is 0 Å². The third-order valence-electron chi connectivity index (χ3n) is 9.52. The molecule has 0 bridgehead atoms. The number of nitrogens with one attached hydrogen (secondary N) is 3. The largest absolute Gasteiger partial charge is 2.00 e. The molecule has 8 aromatic rings. The molecule has 0 fully saturated rings. The van der Waals surface area contributed by atoms with Gasteiger partial charge in [-0.05, 0) is 107 Å². The third kappa shape index (κ3) is 12.9. The quantitative estimate of drug-likeness (QED) is 0.0718. The molecule has 1 aliphatic rings. The number of nitrogen functional groups attached to an aromatic ring is 1. The Morgan fingerprint density at radius 3 is 2.20 bits per heavy atom. The Labute approximate surface area is 396 Å². The Morgan fingerprint density at radius 1 is 0.922 bits per heavy atom. The summed E-state index contributed by atoms with van der Waals surface area (Å²) in [7, 11) is -1.00. The van der Waals surface area contributed by atoms with Gasteiger partial charge in [0.15, 0.2) is 0 Å². The molecule has 0 spiro atoms. The van der Waals surface area contributed by atoms with E-state index < -0.39 is 13.1 Å². The predicted molar refractivity (Wildman–Crippen MR) is 241 cm³/mol. The number of hydrogen-bond acceptors (Lipinski definition) is 12. The van der Waals surface area contributed by atoms with E-state index in [0.29, 0.717) is 36.2 Å². The minimum atomic E-state index is -1.00. The van der Waals surface area contributed by atoms with Gasteiger partial charge >= 0.3 is 19.5 Å². The number of hydrogen-bond donors (Lipinski definition) is 4. The number of fused-ring (bicyclic) bond motifs is 4. The van der Waals surface area contributed by atoms with Gasteiger partial charge in [0.25, 0.3) is 0 Å². The van der Waals surface area contributed by atoms with E-state index in [1.165, 1.54) is 5.39 Å². The summed E-state index contributed by atoms with van der Waals surface area (Å²) in [5.74, 6) is -0.0864. The van der Waals surface area contributed by atoms with E-state index in [9.17, 15) is 14.4 Å². The number of nitriles is 2. The molecule has 316 valence electrons. The summed E-state index contributed by atoms with van der Waals surface area (Å²) in [5.41, 5.74) is 14.9. The number of anilines is 2. The van der Waals surface area contributed by atoms with Crippen LogP contribution in [0.1, 0.15) is 46.6 Å². The standard InChI is InChI=1S/C27H24ClN7O.C8H5N3.C7H5BrN2.CH3F.2CN.Zn/c1-15-5-26(30)34-16(2)22(15)11-33-27(36)23-14-35(25-12-31-20(9-29)8-21(23)25)13-17-3-4-24-18(6-17)7-19(28)10-32-24;9-4-7-3-6-1-2-10-8(6)5-11-7;8-7-3-5-1-2-9-6(5)4-10-7;3*1-2;/h3-8,10,12,23H,11,13-14H2,1-2H3,(H2,30,34)(H,33,36);1-3,5,10H;1-4,9H;1H3;;;/q;;;;2*-1;+2/i;;;1D;;;. The summed E-state index contributed by atoms with van der Waals surface area (Å²) in [5, 5.41) is 37.2. The van der Waals surface area contributed by atoms with Crippen LogP contribution >= 0.6 is 27.5 Å². The van der Waals surface area contributed by atoms with E-state index in [2.05, 4.69) is 73.2 Å². The summed E-state index contributed by atoms with van der Waals surface area (Å²) >= 11 is 9.42. The van der Waals surface area contributed by atoms with Crippen LogP contribution in [0.2, 0.25) is 5.02 Å². The molecule has 1 aromatic carbocycles. The van der Waals surface area contributed by atoms with Crippen LogP contribution in [0.4, 0.5) is 15.9 Å². The van der Waals surface area contributed by atoms with Gasteiger partial charge in [0, 0.05) is 60.1 Å². The summed E-state index contributed by atoms with van der Waals surface area (Å²) < 4.78 is 16.4. The number of amides is 1. The van der Waals surface area contributed by atoms with Crippen molar-refractivity contribution in [2.24, 2.45) is 0 Å². The molecule has 64 heavy (non-hydrogen) atoms. The number of rotatable bonds is 5. The average molecular weight is 991 g/mol. The van der Waals surface area contributed by atoms with Crippen molar-refractivity contribution in [1.82, 2.24) is 40.2 Å². The first-order valence-corrected chi connectivity index (χ1v) is 19.6. The van der Waals surface area contributed by atoms with Crippen LogP contribution in [-0.4, -0.2) is 54.5 Å². The van der Waals surface area contributed by atoms with E-state index in [1.54, 1.807) is 43.0 Å². The molecule has 0 radical (unpaired) electrons. The predicted octanol–water partition coefficient (Wildman–Crippen LogP) is 8.71. The van der Waals surface area contributed by atoms with Gasteiger partial charge in [-0.2, -0.15) is 10.5 Å². The fraction of sp³-hybridized carbons (Fsp3) is 0.156. The van der Waals surface area contributed by atoms with Crippen LogP contribution in [0.25, 0.3) is 32.7 Å². The van der Waals surface area contributed by atoms with Gasteiger partial charge in [-0.3, -0.25) is 14.2 Å². The average Bonchev–Trinajstić information content (AvgIpc) is 4.06. The SMILES string of the molecule is Brc1cc2cc[nH]c2cn1.Cc1cc(N)nc(C)c1CNC(=O)C1CN(Cc2ccc3ncc(Cl)cc3c2)c2cnc(C#N)cc21.N#Cc1cc2cc[nH]c2cn1.[2H]CF.[C-]#N.[C-]#N.[Zn+2]. The molecule has 1 unspecified atom stereocenters. The molecular weight excluding hydrogens is 952 g/mol. The topological polar surface area (TPSA) is 250 Å². The number of alkyl halides is 1. The second-order valence-electron chi connectivity index (χ2n) is 13.3. The second kappa shape index (κ2) is 24.9. The molecule has 1 atom stereocenters. The fourth-order valence-corrected chi connectivity index (χ4v) is 7.24. The first-order chi connectivity index (χ1) is 31.0. The Bertz CT molecular complexity index is 2970. The first kappa shape index (κ1) is 49.3. The number of carbonyl (C=O) groups is 1. The van der Waals surface area contributed by atoms with E-state index >= 15 is 0 Å². The number of benzene rings is 1. The Kier molecular flexibility index (Phi) is 19.2. The monoisotopic (exact) mass is 987 g/mol. The van der Waals surface area contributed by atoms with Crippen molar-refractivity contribution in [1.29, 1.82) is 21.0 Å². The van der Waals surface area contributed by atoms with Gasteiger partial charge in [0.1, 0.15) is 33.9 Å². The number of aromatic amines is 2. The van der Waals surface area contributed by atoms with Crippen LogP contribution in [0, 0.1) is 60.2 Å². The zero-order valence-corrected chi connectivity index (χ0v) is 39.8. The van der Waals surface area contributed by atoms with Gasteiger partial charge in [0.05, 0.1) is 60.3 Å². The van der Waals surface area contributed by atoms with Crippen LogP contribution < -0.4 is 16.0 Å². The van der Waals surface area contributed by atoms with Crippen molar-refractivity contribution in [2.45, 2.75) is 32.9 Å². The number of pyridine rings is 5. The number of aromatic nitrogens is 7. The summed E-state index contributed by atoms with van der Waals surface area (Å²) in [6.45, 7) is 14.7. The molecule has 0 saturated heterocycles. The van der Waals surface area contributed by atoms with E-state index in [0.717, 1.165) is 65.6 Å². The van der Waals surface area contributed by atoms with Crippen LogP contribution in [0.3, 0.4) is 0 Å². The Balaban J connectivity index is 0.000000312. The number of halogens is 3. The van der Waals surface area contributed by atoms with E-state index in [1.807, 2.05) is 68.7 Å². The van der Waals surface area contributed by atoms with Crippen molar-refractivity contribution < 1.29 is 30.0 Å². The first-order valence-electron chi connectivity index (χ1n) is 19.1. The summed E-state index contributed by atoms with van der Waals surface area (Å²) in [6.07, 6.45) is 10.5. The molecule has 1 aliphatic heterocycles. The minimum absolute atomic E-state index is 0. The fourth-order valence-electron chi connectivity index (χ4n) is 6.72. The number of nitrogens with two attached hydrogens (primary N) is 1. The molecule has 5 N–H and O–H groups in total. The zero-order valence-electron chi connectivity index (χ0n) is 35.4. The van der Waals surface area contributed by atoms with E-state index in [-0.39, 0.29) is 31.1 Å². The summed E-state index contributed by atoms with van der Waals surface area (Å²) in [6, 6.07) is 23.2. The van der Waals surface area contributed by atoms with Crippen LogP contribution in [0.15, 0.2) is 102 Å². The number of nitrogens with zero attached hydrogens (tertiary/aromatic N) is 10. The van der Waals surface area contributed by atoms with Crippen LogP contribution in [-0.2, 0) is 37.4 Å². The number of aryl methyl sites for hydroxylation is 2. The minimum Gasteiger partial charge on any atom is -0.512 e. The second-order valence-corrected chi connectivity index (χ2v) is 14.6. The number of carbonyl (C=O) groups excluding carboxylic acids is 1. The molecule has 8 heterocycles. The smallest absolute Gasteiger partial charge is 0.512 e. The molecule has 0 saturated carbocycles. The molecule has 15 nitrogen and oxygen atoms in total. The van der Waals surface area contributed by atoms with Crippen molar-refractivity contribution in [3.05, 3.63) is 160 Å². The summed E-state index contributed by atoms with van der Waals surface area (Å²) in [4.78, 5) is 42.5. The van der Waals surface area contributed by atoms with Gasteiger partial charge < -0.3 is 49.6 Å². The maximum atomic E-state index is 13.4. The Morgan fingerprint density at radius 2 is 1.55 bits per heavy atom. The van der Waals surface area contributed by atoms with E-state index in [4.69, 9.17) is 47.6 Å². The van der Waals surface area contributed by atoms with Gasteiger partial charge in [-0.1, -0.05) is 17.7 Å². The van der Waals surface area contributed by atoms with Gasteiger partial charge in [-0.15, -0.1) is 0 Å². The molecule has 9 rings (SSSR count). The maximum Gasteiger partial charge on any atom is 2.00 e. The third-order valence-corrected chi connectivity index (χ3v) is 10.2. The van der Waals surface area contributed by atoms with Gasteiger partial charge in [0.2, 0.25) is 5.91 Å². The Hall–Kier alpha value is -7.34. The molecule has 0 aliphatic carbocycles. The zero-order chi connectivity index (χ0) is 46.8. The maximum absolute atomic E-state index is 13.4. The van der Waals surface area contributed by atoms with Crippen molar-refractivity contribution in [3.63, 3.8) is 0 Å². The van der Waals surface area contributed by atoms with Crippen molar-refractivity contribution >= 4 is 77.7 Å². The van der Waals surface area contributed by atoms with Crippen molar-refractivity contribution in [2.75, 3.05) is 24.3 Å². The molecule has 1 amide bonds. The van der Waals surface area contributed by atoms with Crippen molar-refractivity contribution in [3.8, 4) is 12.1 Å². The molecular formula is C45H37BrClFN14OZn. The normalized spacial score (nSPS) is 11.8. The van der Waals surface area contributed by atoms with Gasteiger partial charge in [-0.25, -0.2) is 19.9 Å². The molecule has 7 aromatic heterocycles. The number of H-pyrrole nitrogens is 2.